The van der Waals surface area contributed by atoms with Crippen molar-refractivity contribution < 1.29 is 49.6 Å². The third-order valence-electron chi connectivity index (χ3n) is 4.92. The van der Waals surface area contributed by atoms with E-state index >= 15 is 0 Å². The number of phenolic OH excluding ortho intramolecular Hbond substituents is 3. The van der Waals surface area contributed by atoms with Gasteiger partial charge in [0.15, 0.2) is 11.3 Å². The Labute approximate surface area is 167 Å². The van der Waals surface area contributed by atoms with Gasteiger partial charge in [0.1, 0.15) is 58.0 Å². The number of ether oxygens (including phenoxy) is 2. The molecule has 0 amide bonds. The van der Waals surface area contributed by atoms with E-state index in [0.717, 1.165) is 18.2 Å². The van der Waals surface area contributed by atoms with E-state index in [9.17, 15) is 40.5 Å². The second kappa shape index (κ2) is 7.31. The molecule has 1 aliphatic heterocycles. The second-order valence-corrected chi connectivity index (χ2v) is 6.87. The van der Waals surface area contributed by atoms with Crippen LogP contribution in [0.4, 0.5) is 0 Å². The number of hydrogen-bond donors (Lipinski definition) is 7. The lowest BCUT2D eigenvalue weighted by Crippen LogP contribution is -2.60. The highest BCUT2D eigenvalue weighted by Gasteiger charge is 2.45. The van der Waals surface area contributed by atoms with Gasteiger partial charge < -0.3 is 49.6 Å². The highest BCUT2D eigenvalue weighted by molar-refractivity contribution is 5.98. The fraction of sp³-hybridized carbons (Fsp3) is 0.316. The van der Waals surface area contributed by atoms with Gasteiger partial charge in [-0.2, -0.15) is 0 Å². The van der Waals surface area contributed by atoms with Gasteiger partial charge in [-0.25, -0.2) is 0 Å². The van der Waals surface area contributed by atoms with Gasteiger partial charge in [-0.15, -0.1) is 0 Å². The number of hydrogen-bond acceptors (Lipinski definition) is 11. The molecular weight excluding hydrogens is 404 g/mol. The molecule has 1 aliphatic rings. The highest BCUT2D eigenvalue weighted by Crippen LogP contribution is 2.37. The quantitative estimate of drug-likeness (QED) is 0.263. The Bertz CT molecular complexity index is 1170. The predicted molar refractivity (Wildman–Crippen MR) is 99.4 cm³/mol. The topological polar surface area (TPSA) is 190 Å². The highest BCUT2D eigenvalue weighted by atomic mass is 16.7. The van der Waals surface area contributed by atoms with E-state index in [1.165, 1.54) is 6.07 Å². The first kappa shape index (κ1) is 20.2. The lowest BCUT2D eigenvalue weighted by molar-refractivity contribution is -0.277. The summed E-state index contributed by atoms with van der Waals surface area (Å²) < 4.78 is 16.3. The average Bonchev–Trinajstić information content (AvgIpc) is 2.69. The van der Waals surface area contributed by atoms with Crippen LogP contribution < -0.4 is 10.2 Å². The fourth-order valence-corrected chi connectivity index (χ4v) is 3.39. The van der Waals surface area contributed by atoms with Gasteiger partial charge in [0.05, 0.1) is 6.61 Å². The molecule has 11 nitrogen and oxygen atoms in total. The van der Waals surface area contributed by atoms with E-state index in [-0.39, 0.29) is 33.4 Å². The van der Waals surface area contributed by atoms with Crippen molar-refractivity contribution >= 4 is 21.9 Å². The second-order valence-electron chi connectivity index (χ2n) is 6.87. The van der Waals surface area contributed by atoms with Crippen LogP contribution in [-0.4, -0.2) is 73.1 Å². The van der Waals surface area contributed by atoms with Crippen molar-refractivity contribution in [3.05, 3.63) is 34.5 Å². The maximum atomic E-state index is 13.0. The Kier molecular flexibility index (Phi) is 4.92. The van der Waals surface area contributed by atoms with Gasteiger partial charge in [0, 0.05) is 12.1 Å². The smallest absolute Gasteiger partial charge is 0.229 e. The fourth-order valence-electron chi connectivity index (χ4n) is 3.39. The first-order valence-corrected chi connectivity index (χ1v) is 8.84. The number of aliphatic hydroxyl groups is 4. The molecule has 0 spiro atoms. The summed E-state index contributed by atoms with van der Waals surface area (Å²) >= 11 is 0. The summed E-state index contributed by atoms with van der Waals surface area (Å²) in [4.78, 5) is 13.0. The van der Waals surface area contributed by atoms with Crippen molar-refractivity contribution in [3.8, 4) is 23.0 Å². The van der Waals surface area contributed by atoms with Gasteiger partial charge in [-0.1, -0.05) is 0 Å². The van der Waals surface area contributed by atoms with Crippen molar-refractivity contribution in [1.82, 2.24) is 0 Å². The van der Waals surface area contributed by atoms with E-state index in [1.807, 2.05) is 0 Å². The first-order chi connectivity index (χ1) is 14.2. The first-order valence-electron chi connectivity index (χ1n) is 8.84. The SMILES string of the molecule is O=c1c2c(O)cc(O)cc2oc2c(O)ccc(OC3O[C@H](CO)[C@@H](O)[C@H](O)[C@H]3O)c12. The molecule has 7 N–H and O–H groups in total. The molecule has 3 aromatic rings. The van der Waals surface area contributed by atoms with Crippen LogP contribution in [0.5, 0.6) is 23.0 Å². The van der Waals surface area contributed by atoms with Crippen molar-refractivity contribution in [3.63, 3.8) is 0 Å². The van der Waals surface area contributed by atoms with Crippen LogP contribution in [0.15, 0.2) is 33.5 Å². The summed E-state index contributed by atoms with van der Waals surface area (Å²) in [7, 11) is 0. The van der Waals surface area contributed by atoms with Crippen LogP contribution in [-0.2, 0) is 4.74 Å². The number of benzene rings is 2. The maximum absolute atomic E-state index is 13.0. The number of fused-ring (bicyclic) bond motifs is 2. The molecule has 160 valence electrons. The van der Waals surface area contributed by atoms with Crippen molar-refractivity contribution in [1.29, 1.82) is 0 Å². The molecule has 30 heavy (non-hydrogen) atoms. The Morgan fingerprint density at radius 1 is 0.933 bits per heavy atom. The monoisotopic (exact) mass is 422 g/mol. The molecule has 11 heteroatoms. The minimum Gasteiger partial charge on any atom is -0.508 e. The summed E-state index contributed by atoms with van der Waals surface area (Å²) in [5, 5.41) is 68.5. The van der Waals surface area contributed by atoms with Gasteiger partial charge in [-0.3, -0.25) is 4.79 Å². The molecule has 0 bridgehead atoms. The summed E-state index contributed by atoms with van der Waals surface area (Å²) in [6.07, 6.45) is -7.85. The van der Waals surface area contributed by atoms with Gasteiger partial charge >= 0.3 is 0 Å². The van der Waals surface area contributed by atoms with E-state index in [0.29, 0.717) is 0 Å². The average molecular weight is 422 g/mol. The summed E-state index contributed by atoms with van der Waals surface area (Å²) in [6, 6.07) is 4.34. The molecule has 1 saturated heterocycles. The minimum atomic E-state index is -1.73. The van der Waals surface area contributed by atoms with Gasteiger partial charge in [0.2, 0.25) is 11.7 Å². The molecule has 0 radical (unpaired) electrons. The lowest BCUT2D eigenvalue weighted by Gasteiger charge is -2.39. The molecule has 0 aliphatic carbocycles. The standard InChI is InChI=1S/C19H18O11/c20-5-11-14(24)16(26)17(27)19(30-11)29-9-2-1-7(22)18-13(9)15(25)12-8(23)3-6(21)4-10(12)28-18/h1-4,11,14,16-17,19-24,26-27H,5H2/t11-,14-,16+,17-,19?/m1/s1. The molecule has 0 saturated carbocycles. The van der Waals surface area contributed by atoms with Gasteiger partial charge in [-0.05, 0) is 12.1 Å². The van der Waals surface area contributed by atoms with Crippen molar-refractivity contribution in [2.45, 2.75) is 30.7 Å². The van der Waals surface area contributed by atoms with Crippen LogP contribution >= 0.6 is 0 Å². The molecule has 4 rings (SSSR count). The van der Waals surface area contributed by atoms with Gasteiger partial charge in [0.25, 0.3) is 0 Å². The third-order valence-corrected chi connectivity index (χ3v) is 4.92. The zero-order chi connectivity index (χ0) is 21.7. The summed E-state index contributed by atoms with van der Waals surface area (Å²) in [5.41, 5.74) is -1.32. The normalized spacial score (nSPS) is 26.9. The van der Waals surface area contributed by atoms with Crippen LogP contribution in [0.1, 0.15) is 0 Å². The van der Waals surface area contributed by atoms with Crippen LogP contribution in [0, 0.1) is 0 Å². The molecular formula is C19H18O11. The zero-order valence-corrected chi connectivity index (χ0v) is 15.2. The van der Waals surface area contributed by atoms with Crippen LogP contribution in [0.2, 0.25) is 0 Å². The minimum absolute atomic E-state index is 0.190. The Morgan fingerprint density at radius 2 is 1.67 bits per heavy atom. The number of phenols is 3. The lowest BCUT2D eigenvalue weighted by atomic mass is 9.99. The third kappa shape index (κ3) is 3.09. The Balaban J connectivity index is 1.87. The zero-order valence-electron chi connectivity index (χ0n) is 15.2. The molecule has 1 unspecified atom stereocenters. The van der Waals surface area contributed by atoms with Crippen molar-refractivity contribution in [2.75, 3.05) is 6.61 Å². The number of aromatic hydroxyl groups is 3. The Hall–Kier alpha value is -3.09. The molecule has 1 fully saturated rings. The molecule has 2 heterocycles. The summed E-state index contributed by atoms with van der Waals surface area (Å²) in [5.74, 6) is -1.60. The number of rotatable bonds is 3. The Morgan fingerprint density at radius 3 is 2.37 bits per heavy atom. The summed E-state index contributed by atoms with van der Waals surface area (Å²) in [6.45, 7) is -0.675. The van der Waals surface area contributed by atoms with E-state index < -0.39 is 54.2 Å². The van der Waals surface area contributed by atoms with E-state index in [4.69, 9.17) is 13.9 Å². The molecule has 5 atom stereocenters. The predicted octanol–water partition coefficient (Wildman–Crippen LogP) is -0.758. The largest absolute Gasteiger partial charge is 0.508 e. The van der Waals surface area contributed by atoms with E-state index in [2.05, 4.69) is 0 Å². The van der Waals surface area contributed by atoms with Crippen LogP contribution in [0.3, 0.4) is 0 Å². The maximum Gasteiger partial charge on any atom is 0.229 e. The molecule has 1 aromatic heterocycles. The van der Waals surface area contributed by atoms with E-state index in [1.54, 1.807) is 0 Å². The van der Waals surface area contributed by atoms with Crippen molar-refractivity contribution in [2.24, 2.45) is 0 Å². The van der Waals surface area contributed by atoms with Crippen LogP contribution in [0.25, 0.3) is 21.9 Å². The number of aliphatic hydroxyl groups excluding tert-OH is 4. The molecule has 2 aromatic carbocycles.